The summed E-state index contributed by atoms with van der Waals surface area (Å²) in [6.45, 7) is 1.21. The van der Waals surface area contributed by atoms with Crippen LogP contribution in [0.3, 0.4) is 0 Å². The average Bonchev–Trinajstić information content (AvgIpc) is 2.86. The number of carbonyl (C=O) groups is 2. The smallest absolute Gasteiger partial charge is 0.418 e. The van der Waals surface area contributed by atoms with E-state index in [1.807, 2.05) is 0 Å². The van der Waals surface area contributed by atoms with Crippen LogP contribution in [-0.2, 0) is 15.7 Å². The minimum absolute atomic E-state index is 0.0382. The van der Waals surface area contributed by atoms with Crippen molar-refractivity contribution in [3.8, 4) is 0 Å². The van der Waals surface area contributed by atoms with Crippen molar-refractivity contribution in [1.82, 2.24) is 0 Å². The number of hydrogen-bond acceptors (Lipinski definition) is 4. The van der Waals surface area contributed by atoms with Crippen molar-refractivity contribution in [2.24, 2.45) is 0 Å². The fraction of sp³-hybridized carbons (Fsp3) is 0.200. The molecule has 0 saturated carbocycles. The molecule has 0 fully saturated rings. The highest BCUT2D eigenvalue weighted by Gasteiger charge is 2.34. The molecule has 26 heavy (non-hydrogen) atoms. The maximum Gasteiger partial charge on any atom is 0.418 e. The Kier molecular flexibility index (Phi) is 6.44. The number of ether oxygens (including phenoxy) is 1. The molecule has 2 aromatic rings. The van der Waals surface area contributed by atoms with Gasteiger partial charge >= 0.3 is 12.1 Å². The summed E-state index contributed by atoms with van der Waals surface area (Å²) in [5.41, 5.74) is -1.67. The van der Waals surface area contributed by atoms with Crippen molar-refractivity contribution in [2.45, 2.75) is 19.2 Å². The van der Waals surface area contributed by atoms with E-state index < -0.39 is 35.4 Å². The highest BCUT2D eigenvalue weighted by Crippen LogP contribution is 2.36. The standard InChI is InChI=1S/C15H9Cl3F3NO3S/c1-6(25-14(24)8-5-11(17)26-12(8)18)13(23)22-10-3-2-7(16)4-9(10)15(19,20)21/h2-6H,1H3,(H,22,23). The van der Waals surface area contributed by atoms with Crippen LogP contribution in [-0.4, -0.2) is 18.0 Å². The molecule has 140 valence electrons. The summed E-state index contributed by atoms with van der Waals surface area (Å²) in [7, 11) is 0. The van der Waals surface area contributed by atoms with Gasteiger partial charge < -0.3 is 10.1 Å². The lowest BCUT2D eigenvalue weighted by atomic mass is 10.1. The van der Waals surface area contributed by atoms with Crippen LogP contribution in [0.25, 0.3) is 0 Å². The number of halogens is 6. The van der Waals surface area contributed by atoms with Crippen LogP contribution in [0.5, 0.6) is 0 Å². The number of anilines is 1. The van der Waals surface area contributed by atoms with Crippen molar-refractivity contribution in [2.75, 3.05) is 5.32 Å². The second kappa shape index (κ2) is 8.04. The summed E-state index contributed by atoms with van der Waals surface area (Å²) in [4.78, 5) is 24.1. The van der Waals surface area contributed by atoms with Gasteiger partial charge in [0.2, 0.25) is 0 Å². The minimum atomic E-state index is -4.73. The van der Waals surface area contributed by atoms with Gasteiger partial charge in [-0.2, -0.15) is 13.2 Å². The summed E-state index contributed by atoms with van der Waals surface area (Å²) >= 11 is 18.0. The molecule has 11 heteroatoms. The summed E-state index contributed by atoms with van der Waals surface area (Å²) in [5, 5.41) is 1.93. The van der Waals surface area contributed by atoms with Gasteiger partial charge in [-0.3, -0.25) is 4.79 Å². The second-order valence-corrected chi connectivity index (χ2v) is 7.68. The first kappa shape index (κ1) is 20.8. The maximum atomic E-state index is 13.0. The molecule has 2 rings (SSSR count). The molecule has 1 aromatic heterocycles. The third-order valence-corrected chi connectivity index (χ3v) is 4.80. The molecular weight excluding hydrogens is 438 g/mol. The Balaban J connectivity index is 2.13. The molecule has 0 radical (unpaired) electrons. The van der Waals surface area contributed by atoms with Gasteiger partial charge in [-0.25, -0.2) is 4.79 Å². The van der Waals surface area contributed by atoms with E-state index >= 15 is 0 Å². The van der Waals surface area contributed by atoms with Gasteiger partial charge in [0.25, 0.3) is 5.91 Å². The molecule has 0 bridgehead atoms. The molecule has 0 spiro atoms. The number of hydrogen-bond donors (Lipinski definition) is 1. The Bertz CT molecular complexity index is 854. The molecule has 0 saturated heterocycles. The zero-order valence-corrected chi connectivity index (χ0v) is 15.9. The highest BCUT2D eigenvalue weighted by molar-refractivity contribution is 7.20. The summed E-state index contributed by atoms with van der Waals surface area (Å²) in [6, 6.07) is 4.15. The van der Waals surface area contributed by atoms with E-state index in [0.717, 1.165) is 17.4 Å². The van der Waals surface area contributed by atoms with Crippen LogP contribution in [0.15, 0.2) is 24.3 Å². The van der Waals surface area contributed by atoms with Gasteiger partial charge in [0, 0.05) is 5.02 Å². The third-order valence-electron chi connectivity index (χ3n) is 3.07. The lowest BCUT2D eigenvalue weighted by molar-refractivity contribution is -0.137. The fourth-order valence-electron chi connectivity index (χ4n) is 1.85. The van der Waals surface area contributed by atoms with Crippen molar-refractivity contribution in [1.29, 1.82) is 0 Å². The lowest BCUT2D eigenvalue weighted by Gasteiger charge is -2.17. The Labute approximate surface area is 164 Å². The van der Waals surface area contributed by atoms with E-state index in [2.05, 4.69) is 5.32 Å². The lowest BCUT2D eigenvalue weighted by Crippen LogP contribution is -2.30. The normalized spacial score (nSPS) is 12.6. The van der Waals surface area contributed by atoms with E-state index in [1.54, 1.807) is 0 Å². The van der Waals surface area contributed by atoms with Crippen molar-refractivity contribution in [3.05, 3.63) is 49.1 Å². The summed E-state index contributed by atoms with van der Waals surface area (Å²) < 4.78 is 44.3. The third kappa shape index (κ3) is 5.03. The molecular formula is C15H9Cl3F3NO3S. The van der Waals surface area contributed by atoms with E-state index in [-0.39, 0.29) is 19.3 Å². The van der Waals surface area contributed by atoms with Gasteiger partial charge in [0.05, 0.1) is 21.2 Å². The van der Waals surface area contributed by atoms with Crippen LogP contribution < -0.4 is 5.32 Å². The van der Waals surface area contributed by atoms with E-state index in [4.69, 9.17) is 39.5 Å². The van der Waals surface area contributed by atoms with Crippen molar-refractivity contribution in [3.63, 3.8) is 0 Å². The highest BCUT2D eigenvalue weighted by atomic mass is 35.5. The van der Waals surface area contributed by atoms with Gasteiger partial charge in [0.15, 0.2) is 6.10 Å². The van der Waals surface area contributed by atoms with E-state index in [1.165, 1.54) is 19.1 Å². The van der Waals surface area contributed by atoms with Gasteiger partial charge in [-0.1, -0.05) is 34.8 Å². The number of nitrogens with one attached hydrogen (secondary N) is 1. The zero-order valence-electron chi connectivity index (χ0n) is 12.8. The number of thiophene rings is 1. The molecule has 1 heterocycles. The minimum Gasteiger partial charge on any atom is -0.449 e. The Hall–Kier alpha value is -1.48. The molecule has 1 N–H and O–H groups in total. The molecule has 4 nitrogen and oxygen atoms in total. The average molecular weight is 447 g/mol. The second-order valence-electron chi connectivity index (χ2n) is 4.96. The number of amides is 1. The molecule has 0 aliphatic carbocycles. The molecule has 1 aromatic carbocycles. The summed E-state index contributed by atoms with van der Waals surface area (Å²) in [5.74, 6) is -1.88. The molecule has 1 atom stereocenters. The number of carbonyl (C=O) groups excluding carboxylic acids is 2. The quantitative estimate of drug-likeness (QED) is 0.594. The van der Waals surface area contributed by atoms with Crippen molar-refractivity contribution < 1.29 is 27.5 Å². The molecule has 0 aliphatic rings. The predicted octanol–water partition coefficient (Wildman–Crippen LogP) is 5.91. The predicted molar refractivity (Wildman–Crippen MR) is 94.3 cm³/mol. The summed E-state index contributed by atoms with van der Waals surface area (Å²) in [6.07, 6.45) is -6.11. The van der Waals surface area contributed by atoms with Gasteiger partial charge in [-0.15, -0.1) is 11.3 Å². The van der Waals surface area contributed by atoms with Crippen LogP contribution >= 0.6 is 46.1 Å². The molecule has 1 amide bonds. The molecule has 0 aliphatic heterocycles. The number of rotatable bonds is 4. The topological polar surface area (TPSA) is 55.4 Å². The Morgan fingerprint density at radius 3 is 2.38 bits per heavy atom. The number of alkyl halides is 3. The van der Waals surface area contributed by atoms with Gasteiger partial charge in [0.1, 0.15) is 4.34 Å². The largest absolute Gasteiger partial charge is 0.449 e. The first-order valence-electron chi connectivity index (χ1n) is 6.82. The number of esters is 1. The Morgan fingerprint density at radius 2 is 1.85 bits per heavy atom. The number of benzene rings is 1. The Morgan fingerprint density at radius 1 is 1.19 bits per heavy atom. The van der Waals surface area contributed by atoms with Gasteiger partial charge in [-0.05, 0) is 31.2 Å². The SMILES string of the molecule is CC(OC(=O)c1cc(Cl)sc1Cl)C(=O)Nc1ccc(Cl)cc1C(F)(F)F. The maximum absolute atomic E-state index is 13.0. The fourth-order valence-corrected chi connectivity index (χ4v) is 3.46. The van der Waals surface area contributed by atoms with E-state index in [0.29, 0.717) is 6.07 Å². The van der Waals surface area contributed by atoms with Crippen LogP contribution in [0, 0.1) is 0 Å². The van der Waals surface area contributed by atoms with Crippen LogP contribution in [0.1, 0.15) is 22.8 Å². The van der Waals surface area contributed by atoms with Crippen molar-refractivity contribution >= 4 is 63.7 Å². The first-order chi connectivity index (χ1) is 12.0. The monoisotopic (exact) mass is 445 g/mol. The zero-order chi connectivity index (χ0) is 19.6. The molecule has 1 unspecified atom stereocenters. The van der Waals surface area contributed by atoms with Crippen LogP contribution in [0.4, 0.5) is 18.9 Å². The van der Waals surface area contributed by atoms with Crippen LogP contribution in [0.2, 0.25) is 13.7 Å². The first-order valence-corrected chi connectivity index (χ1v) is 8.77. The van der Waals surface area contributed by atoms with E-state index in [9.17, 15) is 22.8 Å².